The van der Waals surface area contributed by atoms with Gasteiger partial charge in [-0.1, -0.05) is 0 Å². The molecule has 0 atom stereocenters. The van der Waals surface area contributed by atoms with Crippen molar-refractivity contribution in [2.24, 2.45) is 0 Å². The van der Waals surface area contributed by atoms with Crippen LogP contribution in [0, 0.1) is 3.57 Å². The summed E-state index contributed by atoms with van der Waals surface area (Å²) in [4.78, 5) is 0. The van der Waals surface area contributed by atoms with Crippen molar-refractivity contribution in [3.63, 3.8) is 0 Å². The average molecular weight is 306 g/mol. The van der Waals surface area contributed by atoms with Gasteiger partial charge in [-0.25, -0.2) is 0 Å². The van der Waals surface area contributed by atoms with Gasteiger partial charge in [-0.15, -0.1) is 0 Å². The van der Waals surface area contributed by atoms with Gasteiger partial charge in [-0.2, -0.15) is 0 Å². The molecule has 4 heteroatoms. The summed E-state index contributed by atoms with van der Waals surface area (Å²) in [5.41, 5.74) is 7.53. The Morgan fingerprint density at radius 3 is 2.79 bits per heavy atom. The van der Waals surface area contributed by atoms with Crippen molar-refractivity contribution in [1.29, 1.82) is 0 Å². The number of nitrogen functional groups attached to an aromatic ring is 1. The van der Waals surface area contributed by atoms with E-state index in [1.165, 1.54) is 0 Å². The van der Waals surface area contributed by atoms with E-state index >= 15 is 0 Å². The third-order valence-corrected chi connectivity index (χ3v) is 2.79. The Morgan fingerprint density at radius 1 is 1.36 bits per heavy atom. The standard InChI is InChI=1S/C10H15IN2O/c11-9-7-8(12)3-4-10(9)13-5-1-2-6-14/h3-4,7,13-14H,1-2,5-6,12H2. The number of aliphatic hydroxyl groups is 1. The molecule has 0 amide bonds. The van der Waals surface area contributed by atoms with E-state index in [9.17, 15) is 0 Å². The minimum absolute atomic E-state index is 0.264. The van der Waals surface area contributed by atoms with Crippen LogP contribution in [0.15, 0.2) is 18.2 Å². The summed E-state index contributed by atoms with van der Waals surface area (Å²) in [6.45, 7) is 1.15. The third-order valence-electron chi connectivity index (χ3n) is 1.89. The number of anilines is 2. The van der Waals surface area contributed by atoms with Crippen LogP contribution in [0.1, 0.15) is 12.8 Å². The average Bonchev–Trinajstić information content (AvgIpc) is 2.15. The zero-order chi connectivity index (χ0) is 10.4. The van der Waals surface area contributed by atoms with Crippen LogP contribution in [0.5, 0.6) is 0 Å². The van der Waals surface area contributed by atoms with E-state index in [2.05, 4.69) is 27.9 Å². The maximum absolute atomic E-state index is 8.61. The second-order valence-corrected chi connectivity index (χ2v) is 4.26. The highest BCUT2D eigenvalue weighted by molar-refractivity contribution is 14.1. The molecule has 1 rings (SSSR count). The number of halogens is 1. The largest absolute Gasteiger partial charge is 0.399 e. The monoisotopic (exact) mass is 306 g/mol. The summed E-state index contributed by atoms with van der Waals surface area (Å²) in [5.74, 6) is 0. The SMILES string of the molecule is Nc1ccc(NCCCCO)c(I)c1. The topological polar surface area (TPSA) is 58.3 Å². The molecule has 0 spiro atoms. The third kappa shape index (κ3) is 3.71. The summed E-state index contributed by atoms with van der Waals surface area (Å²) in [5, 5.41) is 11.9. The number of hydrogen-bond acceptors (Lipinski definition) is 3. The molecule has 0 aliphatic heterocycles. The minimum atomic E-state index is 0.264. The minimum Gasteiger partial charge on any atom is -0.399 e. The smallest absolute Gasteiger partial charge is 0.0477 e. The Kier molecular flexibility index (Phi) is 5.03. The molecular weight excluding hydrogens is 291 g/mol. The maximum Gasteiger partial charge on any atom is 0.0477 e. The van der Waals surface area contributed by atoms with Crippen LogP contribution in [0.2, 0.25) is 0 Å². The first-order valence-corrected chi connectivity index (χ1v) is 5.71. The molecular formula is C10H15IN2O. The fourth-order valence-electron chi connectivity index (χ4n) is 1.13. The molecule has 0 aliphatic carbocycles. The number of aliphatic hydroxyl groups excluding tert-OH is 1. The lowest BCUT2D eigenvalue weighted by Crippen LogP contribution is -2.04. The second-order valence-electron chi connectivity index (χ2n) is 3.10. The fraction of sp³-hybridized carbons (Fsp3) is 0.400. The van der Waals surface area contributed by atoms with E-state index in [1.807, 2.05) is 18.2 Å². The highest BCUT2D eigenvalue weighted by Gasteiger charge is 1.98. The number of benzene rings is 1. The quantitative estimate of drug-likeness (QED) is 0.443. The Morgan fingerprint density at radius 2 is 2.14 bits per heavy atom. The molecule has 0 fully saturated rings. The van der Waals surface area contributed by atoms with E-state index in [4.69, 9.17) is 10.8 Å². The van der Waals surface area contributed by atoms with Crippen molar-refractivity contribution in [2.75, 3.05) is 24.2 Å². The molecule has 0 saturated carbocycles. The zero-order valence-corrected chi connectivity index (χ0v) is 10.1. The Balaban J connectivity index is 2.42. The summed E-state index contributed by atoms with van der Waals surface area (Å²) in [7, 11) is 0. The van der Waals surface area contributed by atoms with Crippen molar-refractivity contribution in [1.82, 2.24) is 0 Å². The van der Waals surface area contributed by atoms with Crippen molar-refractivity contribution in [3.05, 3.63) is 21.8 Å². The van der Waals surface area contributed by atoms with Crippen molar-refractivity contribution >= 4 is 34.0 Å². The zero-order valence-electron chi connectivity index (χ0n) is 7.96. The van der Waals surface area contributed by atoms with Gasteiger partial charge in [-0.3, -0.25) is 0 Å². The van der Waals surface area contributed by atoms with Crippen molar-refractivity contribution in [2.45, 2.75) is 12.8 Å². The van der Waals surface area contributed by atoms with E-state index in [1.54, 1.807) is 0 Å². The fourth-order valence-corrected chi connectivity index (χ4v) is 1.86. The first-order valence-electron chi connectivity index (χ1n) is 4.64. The molecule has 3 nitrogen and oxygen atoms in total. The van der Waals surface area contributed by atoms with Crippen molar-refractivity contribution < 1.29 is 5.11 Å². The van der Waals surface area contributed by atoms with Crippen molar-refractivity contribution in [3.8, 4) is 0 Å². The van der Waals surface area contributed by atoms with Crippen LogP contribution in [-0.2, 0) is 0 Å². The van der Waals surface area contributed by atoms with Gasteiger partial charge in [0.2, 0.25) is 0 Å². The van der Waals surface area contributed by atoms with E-state index in [0.717, 1.165) is 34.3 Å². The summed E-state index contributed by atoms with van der Waals surface area (Å²) >= 11 is 2.26. The molecule has 0 saturated heterocycles. The molecule has 14 heavy (non-hydrogen) atoms. The molecule has 1 aromatic carbocycles. The lowest BCUT2D eigenvalue weighted by atomic mass is 10.2. The maximum atomic E-state index is 8.61. The Labute approximate surface area is 97.8 Å². The number of nitrogens with two attached hydrogens (primary N) is 1. The first kappa shape index (κ1) is 11.6. The summed E-state index contributed by atoms with van der Waals surface area (Å²) < 4.78 is 1.13. The Hall–Kier alpha value is -0.490. The van der Waals surface area contributed by atoms with Crippen LogP contribution in [0.4, 0.5) is 11.4 Å². The van der Waals surface area contributed by atoms with Gasteiger partial charge in [0.1, 0.15) is 0 Å². The van der Waals surface area contributed by atoms with Gasteiger partial charge in [-0.05, 0) is 53.6 Å². The molecule has 0 bridgehead atoms. The van der Waals surface area contributed by atoms with Crippen LogP contribution < -0.4 is 11.1 Å². The molecule has 4 N–H and O–H groups in total. The number of nitrogens with one attached hydrogen (secondary N) is 1. The van der Waals surface area contributed by atoms with Gasteiger partial charge in [0.15, 0.2) is 0 Å². The van der Waals surface area contributed by atoms with Crippen LogP contribution in [-0.4, -0.2) is 18.3 Å². The lowest BCUT2D eigenvalue weighted by Gasteiger charge is -2.08. The van der Waals surface area contributed by atoms with Gasteiger partial charge in [0.25, 0.3) is 0 Å². The lowest BCUT2D eigenvalue weighted by molar-refractivity contribution is 0.286. The van der Waals surface area contributed by atoms with Gasteiger partial charge < -0.3 is 16.2 Å². The van der Waals surface area contributed by atoms with E-state index < -0.39 is 0 Å². The van der Waals surface area contributed by atoms with Crippen LogP contribution >= 0.6 is 22.6 Å². The molecule has 0 heterocycles. The van der Waals surface area contributed by atoms with E-state index in [0.29, 0.717) is 0 Å². The first-order chi connectivity index (χ1) is 6.74. The number of unbranched alkanes of at least 4 members (excludes halogenated alkanes) is 1. The number of rotatable bonds is 5. The highest BCUT2D eigenvalue weighted by Crippen LogP contribution is 2.20. The predicted octanol–water partition coefficient (Wildman–Crippen LogP) is 2.06. The second kappa shape index (κ2) is 6.08. The van der Waals surface area contributed by atoms with Crippen LogP contribution in [0.25, 0.3) is 0 Å². The van der Waals surface area contributed by atoms with Crippen LogP contribution in [0.3, 0.4) is 0 Å². The van der Waals surface area contributed by atoms with Gasteiger partial charge >= 0.3 is 0 Å². The summed E-state index contributed by atoms with van der Waals surface area (Å²) in [6.07, 6.45) is 1.83. The molecule has 0 aromatic heterocycles. The van der Waals surface area contributed by atoms with Gasteiger partial charge in [0, 0.05) is 28.1 Å². The predicted molar refractivity (Wildman–Crippen MR) is 68.4 cm³/mol. The van der Waals surface area contributed by atoms with Gasteiger partial charge in [0.05, 0.1) is 0 Å². The molecule has 0 radical (unpaired) electrons. The summed E-state index contributed by atoms with van der Waals surface area (Å²) in [6, 6.07) is 5.81. The molecule has 0 unspecified atom stereocenters. The molecule has 1 aromatic rings. The normalized spacial score (nSPS) is 10.1. The highest BCUT2D eigenvalue weighted by atomic mass is 127. The Bertz CT molecular complexity index is 291. The molecule has 0 aliphatic rings. The molecule has 78 valence electrons. The number of hydrogen-bond donors (Lipinski definition) is 3. The van der Waals surface area contributed by atoms with E-state index in [-0.39, 0.29) is 6.61 Å².